The SMILES string of the molecule is C=C1N=NC(=O)NC1=Nc1ccc(C(=O)OCCC)cc1. The van der Waals surface area contributed by atoms with Crippen molar-refractivity contribution in [3.8, 4) is 0 Å². The fourth-order valence-corrected chi connectivity index (χ4v) is 1.52. The molecule has 0 radical (unpaired) electrons. The van der Waals surface area contributed by atoms with Gasteiger partial charge in [0.15, 0.2) is 5.84 Å². The molecule has 0 saturated carbocycles. The third kappa shape index (κ3) is 3.82. The van der Waals surface area contributed by atoms with Crippen LogP contribution < -0.4 is 5.32 Å². The Labute approximate surface area is 121 Å². The molecule has 1 N–H and O–H groups in total. The Morgan fingerprint density at radius 3 is 2.71 bits per heavy atom. The summed E-state index contributed by atoms with van der Waals surface area (Å²) in [6.07, 6.45) is 0.772. The molecule has 0 fully saturated rings. The zero-order valence-electron chi connectivity index (χ0n) is 11.5. The maximum Gasteiger partial charge on any atom is 0.365 e. The van der Waals surface area contributed by atoms with E-state index >= 15 is 0 Å². The number of azo groups is 1. The van der Waals surface area contributed by atoms with E-state index < -0.39 is 6.03 Å². The summed E-state index contributed by atoms with van der Waals surface area (Å²) in [4.78, 5) is 26.9. The molecule has 108 valence electrons. The first kappa shape index (κ1) is 14.6. The highest BCUT2D eigenvalue weighted by molar-refractivity contribution is 6.09. The van der Waals surface area contributed by atoms with Crippen LogP contribution in [0.25, 0.3) is 0 Å². The number of nitrogens with one attached hydrogen (secondary N) is 1. The molecule has 0 atom stereocenters. The van der Waals surface area contributed by atoms with Gasteiger partial charge in [-0.2, -0.15) is 0 Å². The van der Waals surface area contributed by atoms with Crippen molar-refractivity contribution in [1.82, 2.24) is 5.32 Å². The number of urea groups is 1. The number of carbonyl (C=O) groups is 2. The third-order valence-corrected chi connectivity index (χ3v) is 2.54. The first-order valence-corrected chi connectivity index (χ1v) is 6.38. The van der Waals surface area contributed by atoms with Crippen LogP contribution in [0.5, 0.6) is 0 Å². The maximum absolute atomic E-state index is 11.6. The van der Waals surface area contributed by atoms with Crippen molar-refractivity contribution < 1.29 is 14.3 Å². The number of amidine groups is 1. The number of ether oxygens (including phenoxy) is 1. The van der Waals surface area contributed by atoms with Crippen molar-refractivity contribution in [1.29, 1.82) is 0 Å². The van der Waals surface area contributed by atoms with Crippen molar-refractivity contribution >= 4 is 23.5 Å². The molecule has 21 heavy (non-hydrogen) atoms. The summed E-state index contributed by atoms with van der Waals surface area (Å²) in [5, 5.41) is 9.32. The molecule has 0 aliphatic carbocycles. The highest BCUT2D eigenvalue weighted by Crippen LogP contribution is 2.16. The number of aliphatic imine (C=N–C) groups is 1. The lowest BCUT2D eigenvalue weighted by atomic mass is 10.2. The number of nitrogens with zero attached hydrogens (tertiary/aromatic N) is 3. The Balaban J connectivity index is 2.12. The number of rotatable bonds is 4. The first-order chi connectivity index (χ1) is 10.1. The summed E-state index contributed by atoms with van der Waals surface area (Å²) < 4.78 is 5.02. The van der Waals surface area contributed by atoms with E-state index in [1.165, 1.54) is 0 Å². The van der Waals surface area contributed by atoms with Gasteiger partial charge in [-0.3, -0.25) is 5.32 Å². The second-order valence-electron chi connectivity index (χ2n) is 4.22. The number of hydrogen-bond acceptors (Lipinski definition) is 5. The number of benzene rings is 1. The zero-order valence-corrected chi connectivity index (χ0v) is 11.5. The highest BCUT2D eigenvalue weighted by Gasteiger charge is 2.14. The van der Waals surface area contributed by atoms with Crippen LogP contribution in [-0.2, 0) is 4.74 Å². The molecule has 0 bridgehead atoms. The van der Waals surface area contributed by atoms with Crippen molar-refractivity contribution in [2.24, 2.45) is 15.2 Å². The molecule has 1 aromatic carbocycles. The van der Waals surface area contributed by atoms with Gasteiger partial charge in [0.1, 0.15) is 5.70 Å². The van der Waals surface area contributed by atoms with E-state index in [0.717, 1.165) is 6.42 Å². The van der Waals surface area contributed by atoms with Crippen LogP contribution in [0.3, 0.4) is 0 Å². The van der Waals surface area contributed by atoms with Crippen LogP contribution in [0.4, 0.5) is 10.5 Å². The van der Waals surface area contributed by atoms with Gasteiger partial charge in [0, 0.05) is 0 Å². The molecular weight excluding hydrogens is 272 g/mol. The Morgan fingerprint density at radius 1 is 1.33 bits per heavy atom. The van der Waals surface area contributed by atoms with Crippen molar-refractivity contribution in [3.63, 3.8) is 0 Å². The Morgan fingerprint density at radius 2 is 2.05 bits per heavy atom. The summed E-state index contributed by atoms with van der Waals surface area (Å²) in [5.41, 5.74) is 1.26. The van der Waals surface area contributed by atoms with Gasteiger partial charge in [-0.05, 0) is 30.7 Å². The van der Waals surface area contributed by atoms with Gasteiger partial charge in [-0.15, -0.1) is 5.11 Å². The molecule has 0 aromatic heterocycles. The van der Waals surface area contributed by atoms with E-state index in [-0.39, 0.29) is 17.5 Å². The minimum absolute atomic E-state index is 0.233. The van der Waals surface area contributed by atoms with Gasteiger partial charge < -0.3 is 4.74 Å². The summed E-state index contributed by atoms with van der Waals surface area (Å²) in [6, 6.07) is 5.89. The fraction of sp³-hybridized carbons (Fsp3) is 0.214. The second kappa shape index (κ2) is 6.56. The topological polar surface area (TPSA) is 92.5 Å². The molecule has 1 heterocycles. The van der Waals surface area contributed by atoms with Gasteiger partial charge in [-0.1, -0.05) is 18.6 Å². The predicted octanol–water partition coefficient (Wildman–Crippen LogP) is 2.97. The molecule has 1 aliphatic rings. The van der Waals surface area contributed by atoms with E-state index in [1.54, 1.807) is 24.3 Å². The average Bonchev–Trinajstić information content (AvgIpc) is 2.49. The van der Waals surface area contributed by atoms with Crippen LogP contribution in [0.1, 0.15) is 23.7 Å². The first-order valence-electron chi connectivity index (χ1n) is 6.38. The maximum atomic E-state index is 11.6. The summed E-state index contributed by atoms with van der Waals surface area (Å²) in [5.74, 6) is -0.142. The van der Waals surface area contributed by atoms with Gasteiger partial charge >= 0.3 is 12.0 Å². The van der Waals surface area contributed by atoms with Crippen molar-refractivity contribution in [2.75, 3.05) is 6.61 Å². The standard InChI is InChI=1S/C14H14N4O3/c1-3-8-21-13(19)10-4-6-11(7-5-10)15-12-9(2)17-18-14(20)16-12/h4-7H,2-3,8H2,1H3,(H,15,16,20). The quantitative estimate of drug-likeness (QED) is 0.862. The van der Waals surface area contributed by atoms with E-state index in [2.05, 4.69) is 27.1 Å². The smallest absolute Gasteiger partial charge is 0.365 e. The largest absolute Gasteiger partial charge is 0.462 e. The minimum atomic E-state index is -0.596. The van der Waals surface area contributed by atoms with E-state index in [0.29, 0.717) is 17.9 Å². The van der Waals surface area contributed by atoms with Gasteiger partial charge in [0.05, 0.1) is 17.9 Å². The summed E-state index contributed by atoms with van der Waals surface area (Å²) in [6.45, 7) is 5.94. The molecular formula is C14H14N4O3. The molecule has 7 heteroatoms. The lowest BCUT2D eigenvalue weighted by Crippen LogP contribution is -2.31. The number of carbonyl (C=O) groups excluding carboxylic acids is 2. The minimum Gasteiger partial charge on any atom is -0.462 e. The lowest BCUT2D eigenvalue weighted by molar-refractivity contribution is 0.0505. The third-order valence-electron chi connectivity index (χ3n) is 2.54. The zero-order chi connectivity index (χ0) is 15.2. The highest BCUT2D eigenvalue weighted by atomic mass is 16.5. The molecule has 2 amide bonds. The normalized spacial score (nSPS) is 16.0. The molecule has 0 unspecified atom stereocenters. The summed E-state index contributed by atoms with van der Waals surface area (Å²) in [7, 11) is 0. The monoisotopic (exact) mass is 286 g/mol. The van der Waals surface area contributed by atoms with Crippen LogP contribution in [0.2, 0.25) is 0 Å². The predicted molar refractivity (Wildman–Crippen MR) is 76.6 cm³/mol. The number of esters is 1. The lowest BCUT2D eigenvalue weighted by Gasteiger charge is -2.09. The van der Waals surface area contributed by atoms with Crippen LogP contribution in [-0.4, -0.2) is 24.4 Å². The molecule has 1 aliphatic heterocycles. The molecule has 0 saturated heterocycles. The van der Waals surface area contributed by atoms with E-state index in [9.17, 15) is 9.59 Å². The Hall–Kier alpha value is -2.83. The average molecular weight is 286 g/mol. The van der Waals surface area contributed by atoms with Crippen molar-refractivity contribution in [3.05, 3.63) is 42.1 Å². The van der Waals surface area contributed by atoms with Crippen molar-refractivity contribution in [2.45, 2.75) is 13.3 Å². The Kier molecular flexibility index (Phi) is 4.55. The fourth-order valence-electron chi connectivity index (χ4n) is 1.52. The van der Waals surface area contributed by atoms with E-state index in [1.807, 2.05) is 6.92 Å². The molecule has 7 nitrogen and oxygen atoms in total. The summed E-state index contributed by atoms with van der Waals surface area (Å²) >= 11 is 0. The number of hydrogen-bond donors (Lipinski definition) is 1. The molecule has 1 aromatic rings. The van der Waals surface area contributed by atoms with Gasteiger partial charge in [-0.25, -0.2) is 14.6 Å². The van der Waals surface area contributed by atoms with Crippen LogP contribution in [0, 0.1) is 0 Å². The molecule has 2 rings (SSSR count). The van der Waals surface area contributed by atoms with Gasteiger partial charge in [0.2, 0.25) is 0 Å². The Bertz CT molecular complexity index is 632. The molecule has 0 spiro atoms. The van der Waals surface area contributed by atoms with E-state index in [4.69, 9.17) is 4.74 Å². The van der Waals surface area contributed by atoms with Crippen LogP contribution in [0.15, 0.2) is 51.8 Å². The second-order valence-corrected chi connectivity index (χ2v) is 4.22. The van der Waals surface area contributed by atoms with Gasteiger partial charge in [0.25, 0.3) is 0 Å². The van der Waals surface area contributed by atoms with Crippen LogP contribution >= 0.6 is 0 Å². The number of amides is 2.